The highest BCUT2D eigenvalue weighted by molar-refractivity contribution is 8.14. The number of nitrogens with zero attached hydrogens (tertiary/aromatic N) is 4. The van der Waals surface area contributed by atoms with Gasteiger partial charge in [0, 0.05) is 43.3 Å². The van der Waals surface area contributed by atoms with Crippen molar-refractivity contribution in [2.24, 2.45) is 16.6 Å². The van der Waals surface area contributed by atoms with Crippen LogP contribution in [0.1, 0.15) is 12.0 Å². The lowest BCUT2D eigenvalue weighted by molar-refractivity contribution is -0.128. The summed E-state index contributed by atoms with van der Waals surface area (Å²) in [4.78, 5) is 25.7. The minimum Gasteiger partial charge on any atom is -0.390 e. The number of aliphatic hydroxyl groups is 2. The maximum atomic E-state index is 12.3. The molecule has 5 rings (SSSR count). The molecule has 3 aromatic rings. The Hall–Kier alpha value is -3.40. The van der Waals surface area contributed by atoms with Gasteiger partial charge in [-0.25, -0.2) is 4.99 Å². The smallest absolute Gasteiger partial charge is 0.221 e. The molecule has 8 nitrogen and oxygen atoms in total. The van der Waals surface area contributed by atoms with Crippen LogP contribution in [0.4, 0.5) is 11.4 Å². The molecule has 9 heteroatoms. The number of carbonyl (C=O) groups is 1. The summed E-state index contributed by atoms with van der Waals surface area (Å²) < 4.78 is 0. The van der Waals surface area contributed by atoms with Gasteiger partial charge in [-0.3, -0.25) is 9.78 Å². The molecule has 0 radical (unpaired) electrons. The van der Waals surface area contributed by atoms with Crippen LogP contribution in [-0.2, 0) is 11.3 Å². The second-order valence-electron chi connectivity index (χ2n) is 9.72. The number of aliphatic imine (C=N–C) groups is 1. The van der Waals surface area contributed by atoms with Gasteiger partial charge in [-0.05, 0) is 48.4 Å². The summed E-state index contributed by atoms with van der Waals surface area (Å²) in [5.74, 6) is -1.03. The van der Waals surface area contributed by atoms with Gasteiger partial charge in [0.2, 0.25) is 5.91 Å². The molecule has 192 valence electrons. The van der Waals surface area contributed by atoms with Crippen LogP contribution in [0.5, 0.6) is 0 Å². The number of hydrogen-bond donors (Lipinski definition) is 3. The van der Waals surface area contributed by atoms with Crippen LogP contribution in [0.2, 0.25) is 0 Å². The molecule has 1 saturated heterocycles. The van der Waals surface area contributed by atoms with Crippen molar-refractivity contribution in [1.82, 2.24) is 9.88 Å². The predicted molar refractivity (Wildman–Crippen MR) is 148 cm³/mol. The number of anilines is 1. The molecule has 1 amide bonds. The Morgan fingerprint density at radius 1 is 1.11 bits per heavy atom. The molecule has 0 unspecified atom stereocenters. The van der Waals surface area contributed by atoms with Crippen molar-refractivity contribution in [3.05, 3.63) is 78.5 Å². The van der Waals surface area contributed by atoms with Gasteiger partial charge in [0.1, 0.15) is 6.10 Å². The number of primary amides is 1. The lowest BCUT2D eigenvalue weighted by Gasteiger charge is -2.41. The number of rotatable bonds is 6. The summed E-state index contributed by atoms with van der Waals surface area (Å²) in [6, 6.07) is 21.3. The number of hydrogen-bond acceptors (Lipinski definition) is 7. The molecule has 2 heterocycles. The first kappa shape index (κ1) is 25.3. The fraction of sp³-hybridized carbons (Fsp3) is 0.321. The Labute approximate surface area is 220 Å². The molecule has 1 aliphatic carbocycles. The zero-order valence-corrected chi connectivity index (χ0v) is 21.6. The van der Waals surface area contributed by atoms with Crippen molar-refractivity contribution in [2.75, 3.05) is 19.0 Å². The molecule has 37 heavy (non-hydrogen) atoms. The third kappa shape index (κ3) is 5.20. The highest BCUT2D eigenvalue weighted by atomic mass is 32.2. The van der Waals surface area contributed by atoms with Crippen molar-refractivity contribution in [3.8, 4) is 11.3 Å². The Bertz CT molecular complexity index is 1270. The van der Waals surface area contributed by atoms with E-state index in [0.29, 0.717) is 11.7 Å². The molecule has 2 aromatic carbocycles. The van der Waals surface area contributed by atoms with E-state index in [1.54, 1.807) is 6.20 Å². The van der Waals surface area contributed by atoms with Gasteiger partial charge in [0.05, 0.1) is 29.4 Å². The van der Waals surface area contributed by atoms with E-state index in [1.165, 1.54) is 11.8 Å². The molecule has 2 fully saturated rings. The third-order valence-electron chi connectivity index (χ3n) is 7.04. The molecule has 1 aliphatic heterocycles. The quantitative estimate of drug-likeness (QED) is 0.460. The third-order valence-corrected chi connectivity index (χ3v) is 8.46. The van der Waals surface area contributed by atoms with Gasteiger partial charge in [-0.2, -0.15) is 0 Å². The molecule has 0 bridgehead atoms. The fourth-order valence-electron chi connectivity index (χ4n) is 5.01. The van der Waals surface area contributed by atoms with Gasteiger partial charge in [0.25, 0.3) is 0 Å². The number of benzene rings is 2. The highest BCUT2D eigenvalue weighted by Crippen LogP contribution is 2.45. The van der Waals surface area contributed by atoms with E-state index in [2.05, 4.69) is 4.98 Å². The average Bonchev–Trinajstić information content (AvgIpc) is 3.25. The molecule has 4 N–H and O–H groups in total. The second kappa shape index (κ2) is 10.5. The number of amides is 1. The SMILES string of the molecule is CN(C)c1ccc(N=C2S[C@H]3[C@H]([C@@H](O)[C@H](O)C[C@@H]3C(N)=O)N2Cc2ccc(-c3ccccn3)cc2)cc1. The normalized spacial score (nSPS) is 26.2. The number of pyridine rings is 1. The Kier molecular flexibility index (Phi) is 7.19. The van der Waals surface area contributed by atoms with Gasteiger partial charge < -0.3 is 25.7 Å². The number of aromatic nitrogens is 1. The van der Waals surface area contributed by atoms with Crippen LogP contribution < -0.4 is 10.6 Å². The van der Waals surface area contributed by atoms with Gasteiger partial charge in [-0.15, -0.1) is 0 Å². The maximum absolute atomic E-state index is 12.3. The van der Waals surface area contributed by atoms with Crippen LogP contribution in [-0.4, -0.2) is 68.8 Å². The number of thioether (sulfide) groups is 1. The summed E-state index contributed by atoms with van der Waals surface area (Å²) in [5, 5.41) is 22.0. The summed E-state index contributed by atoms with van der Waals surface area (Å²) in [6.07, 6.45) is -0.150. The van der Waals surface area contributed by atoms with Crippen molar-refractivity contribution in [3.63, 3.8) is 0 Å². The van der Waals surface area contributed by atoms with Crippen LogP contribution in [0.25, 0.3) is 11.3 Å². The number of carbonyl (C=O) groups excluding carboxylic acids is 1. The maximum Gasteiger partial charge on any atom is 0.221 e. The van der Waals surface area contributed by atoms with Crippen LogP contribution >= 0.6 is 11.8 Å². The van der Waals surface area contributed by atoms with Crippen molar-refractivity contribution in [2.45, 2.75) is 36.5 Å². The molecule has 2 aliphatic rings. The van der Waals surface area contributed by atoms with Gasteiger partial charge in [-0.1, -0.05) is 42.1 Å². The first-order chi connectivity index (χ1) is 17.8. The zero-order chi connectivity index (χ0) is 26.1. The minimum absolute atomic E-state index is 0.141. The van der Waals surface area contributed by atoms with E-state index in [9.17, 15) is 15.0 Å². The largest absolute Gasteiger partial charge is 0.390 e. The fourth-order valence-corrected chi connectivity index (χ4v) is 6.59. The summed E-state index contributed by atoms with van der Waals surface area (Å²) in [5.41, 5.74) is 10.5. The molecule has 1 aromatic heterocycles. The van der Waals surface area contributed by atoms with E-state index < -0.39 is 30.1 Å². The standard InChI is InChI=1S/C28H31N5O3S/c1-32(2)20-12-10-19(11-13-20)31-28-33(24-25(35)23(34)15-21(27(29)36)26(24)37-28)16-17-6-8-18(9-7-17)22-5-3-4-14-30-22/h3-14,21,23-26,34-35H,15-16H2,1-2H3,(H2,29,36)/t21-,23+,24-,25-,26+/m0/s1. The number of fused-ring (bicyclic) bond motifs is 1. The molecule has 5 atom stereocenters. The molecule has 1 saturated carbocycles. The summed E-state index contributed by atoms with van der Waals surface area (Å²) in [6.45, 7) is 0.459. The average molecular weight is 518 g/mol. The number of aliphatic hydroxyl groups excluding tert-OH is 2. The van der Waals surface area contributed by atoms with Crippen LogP contribution in [0.3, 0.4) is 0 Å². The first-order valence-electron chi connectivity index (χ1n) is 12.3. The Balaban J connectivity index is 1.48. The van der Waals surface area contributed by atoms with Crippen molar-refractivity contribution >= 4 is 34.2 Å². The van der Waals surface area contributed by atoms with E-state index in [-0.39, 0.29) is 11.7 Å². The Morgan fingerprint density at radius 3 is 2.46 bits per heavy atom. The zero-order valence-electron chi connectivity index (χ0n) is 20.8. The number of amidine groups is 1. The van der Waals surface area contributed by atoms with Crippen molar-refractivity contribution < 1.29 is 15.0 Å². The summed E-state index contributed by atoms with van der Waals surface area (Å²) >= 11 is 1.45. The van der Waals surface area contributed by atoms with Gasteiger partial charge in [0.15, 0.2) is 5.17 Å². The van der Waals surface area contributed by atoms with E-state index >= 15 is 0 Å². The summed E-state index contributed by atoms with van der Waals surface area (Å²) in [7, 11) is 3.96. The lowest BCUT2D eigenvalue weighted by Crippen LogP contribution is -2.58. The van der Waals surface area contributed by atoms with Crippen LogP contribution in [0, 0.1) is 5.92 Å². The van der Waals surface area contributed by atoms with E-state index in [4.69, 9.17) is 10.7 Å². The lowest BCUT2D eigenvalue weighted by atomic mass is 9.80. The first-order valence-corrected chi connectivity index (χ1v) is 13.1. The van der Waals surface area contributed by atoms with Crippen molar-refractivity contribution in [1.29, 1.82) is 0 Å². The Morgan fingerprint density at radius 2 is 1.84 bits per heavy atom. The topological polar surface area (TPSA) is 115 Å². The highest BCUT2D eigenvalue weighted by Gasteiger charge is 2.54. The number of nitrogens with two attached hydrogens (primary N) is 1. The van der Waals surface area contributed by atoms with Gasteiger partial charge >= 0.3 is 0 Å². The van der Waals surface area contributed by atoms with Crippen LogP contribution in [0.15, 0.2) is 77.9 Å². The second-order valence-corrected chi connectivity index (χ2v) is 10.9. The molecular formula is C28H31N5O3S. The minimum atomic E-state index is -1.04. The molecular weight excluding hydrogens is 486 g/mol. The predicted octanol–water partition coefficient (Wildman–Crippen LogP) is 3.02. The monoisotopic (exact) mass is 517 g/mol. The molecule has 0 spiro atoms. The van der Waals surface area contributed by atoms with E-state index in [0.717, 1.165) is 28.2 Å². The van der Waals surface area contributed by atoms with E-state index in [1.807, 2.05) is 90.6 Å².